The van der Waals surface area contributed by atoms with Gasteiger partial charge in [-0.3, -0.25) is 14.6 Å². The highest BCUT2D eigenvalue weighted by atomic mass is 32.2. The lowest BCUT2D eigenvalue weighted by Gasteiger charge is -2.36. The number of hydrogen-bond acceptors (Lipinski definition) is 13. The van der Waals surface area contributed by atoms with Crippen molar-refractivity contribution in [3.05, 3.63) is 0 Å². The molecule has 0 atom stereocenters. The molecular formula is C44H96N8O9S4. The first-order valence-electron chi connectivity index (χ1n) is 23.6. The van der Waals surface area contributed by atoms with Crippen molar-refractivity contribution >= 4 is 45.8 Å². The largest absolute Gasteiger partial charge is 0.340 e. The standard InChI is InChI=1S/C10H22N2O2S.C10H20N2O.C9H19NO2S.C8H18N2O2S.C6H13NO2S.CH4/c1-9(2)12-7-5-10(6-8-12)15(13,14)11(3)4;1-4-10(13)12-7-5-11(6-8-12)9(2)3;1-8(2)10-6-4-9(5-7-10)13(3,11)12;1-8(2)9-4-6-10(7-5-9)13(3,11)12;1-6(2)7-4-3-5-10(7,8)9;/h9-10H,5-8H2,1-4H3;9H,4-8H2,1-3H3;8-9H,4-7H2,1-3H3;8H,4-7H2,1-3H3;6H,3-5H2,1-2H3;1H4. The van der Waals surface area contributed by atoms with Gasteiger partial charge in [-0.1, -0.05) is 14.4 Å². The van der Waals surface area contributed by atoms with Gasteiger partial charge in [0.2, 0.25) is 36.0 Å². The molecule has 21 heteroatoms. The quantitative estimate of drug-likeness (QED) is 0.310. The minimum absolute atomic E-state index is 0. The third-order valence-corrected chi connectivity index (χ3v) is 20.3. The number of nitrogens with zero attached hydrogens (tertiary/aromatic N) is 8. The fourth-order valence-corrected chi connectivity index (χ4v) is 13.4. The Morgan fingerprint density at radius 1 is 0.554 bits per heavy atom. The number of piperidine rings is 2. The van der Waals surface area contributed by atoms with E-state index in [2.05, 4.69) is 75.0 Å². The minimum atomic E-state index is -3.04. The maximum atomic E-state index is 11.9. The third-order valence-electron chi connectivity index (χ3n) is 12.8. The van der Waals surface area contributed by atoms with Crippen molar-refractivity contribution in [2.45, 2.75) is 163 Å². The zero-order chi connectivity index (χ0) is 49.4. The summed E-state index contributed by atoms with van der Waals surface area (Å²) in [5, 5.41) is -0.273. The molecule has 1 amide bonds. The molecular weight excluding hydrogens is 913 g/mol. The van der Waals surface area contributed by atoms with E-state index in [4.69, 9.17) is 0 Å². The average molecular weight is 1010 g/mol. The summed E-state index contributed by atoms with van der Waals surface area (Å²) in [5.41, 5.74) is 0. The van der Waals surface area contributed by atoms with Crippen LogP contribution in [-0.2, 0) is 44.7 Å². The molecule has 0 saturated carbocycles. The molecule has 0 aromatic heterocycles. The molecule has 65 heavy (non-hydrogen) atoms. The van der Waals surface area contributed by atoms with Crippen LogP contribution < -0.4 is 0 Å². The molecule has 5 aliphatic rings. The lowest BCUT2D eigenvalue weighted by Crippen LogP contribution is -2.50. The number of amides is 1. The van der Waals surface area contributed by atoms with Crippen LogP contribution >= 0.6 is 0 Å². The average Bonchev–Trinajstić information content (AvgIpc) is 3.59. The van der Waals surface area contributed by atoms with Crippen molar-refractivity contribution in [2.75, 3.05) is 117 Å². The SMILES string of the molecule is C.CC(C)N1CCC(S(=O)(=O)N(C)C)CC1.CC(C)N1CCC(S(C)(=O)=O)CC1.CC(C)N1CCCS1(=O)=O.CC(C)N1CCN(S(C)(=O)=O)CC1.CCC(=O)N1CCN(C(C)C)CC1. The highest BCUT2D eigenvalue weighted by Crippen LogP contribution is 2.21. The normalized spacial score (nSPS) is 21.8. The number of rotatable bonds is 10. The Kier molecular flexibility index (Phi) is 28.8. The van der Waals surface area contributed by atoms with Crippen molar-refractivity contribution < 1.29 is 38.5 Å². The van der Waals surface area contributed by atoms with E-state index in [1.807, 2.05) is 25.7 Å². The topological polar surface area (TPSA) is 180 Å². The molecule has 0 spiro atoms. The number of likely N-dealkylation sites (tertiary alicyclic amines) is 2. The van der Waals surface area contributed by atoms with Gasteiger partial charge in [0.05, 0.1) is 22.5 Å². The van der Waals surface area contributed by atoms with Gasteiger partial charge in [0.25, 0.3) is 0 Å². The summed E-state index contributed by atoms with van der Waals surface area (Å²) < 4.78 is 95.3. The van der Waals surface area contributed by atoms with Crippen LogP contribution in [0.4, 0.5) is 0 Å². The van der Waals surface area contributed by atoms with Gasteiger partial charge in [0, 0.05) is 116 Å². The van der Waals surface area contributed by atoms with Crippen molar-refractivity contribution in [1.82, 2.24) is 37.4 Å². The zero-order valence-electron chi connectivity index (χ0n) is 42.6. The van der Waals surface area contributed by atoms with Crippen molar-refractivity contribution in [3.8, 4) is 0 Å². The second kappa shape index (κ2) is 29.2. The van der Waals surface area contributed by atoms with E-state index >= 15 is 0 Å². The van der Waals surface area contributed by atoms with E-state index in [1.165, 1.54) is 16.8 Å². The van der Waals surface area contributed by atoms with Gasteiger partial charge in [-0.2, -0.15) is 8.61 Å². The number of carbonyl (C=O) groups is 1. The predicted octanol–water partition coefficient (Wildman–Crippen LogP) is 3.64. The van der Waals surface area contributed by atoms with Crippen molar-refractivity contribution in [1.29, 1.82) is 0 Å². The molecule has 0 radical (unpaired) electrons. The van der Waals surface area contributed by atoms with Crippen LogP contribution in [0.2, 0.25) is 0 Å². The fourth-order valence-electron chi connectivity index (χ4n) is 8.31. The summed E-state index contributed by atoms with van der Waals surface area (Å²) in [7, 11) is -8.43. The maximum Gasteiger partial charge on any atom is 0.222 e. The van der Waals surface area contributed by atoms with Crippen LogP contribution in [0.3, 0.4) is 0 Å². The Balaban J connectivity index is 0.000000788. The van der Waals surface area contributed by atoms with Crippen LogP contribution in [0.25, 0.3) is 0 Å². The van der Waals surface area contributed by atoms with E-state index in [0.29, 0.717) is 61.9 Å². The van der Waals surface area contributed by atoms with E-state index in [-0.39, 0.29) is 24.0 Å². The van der Waals surface area contributed by atoms with E-state index in [9.17, 15) is 38.5 Å². The van der Waals surface area contributed by atoms with Crippen LogP contribution in [0, 0.1) is 0 Å². The number of hydrogen-bond donors (Lipinski definition) is 0. The number of sulfone groups is 1. The van der Waals surface area contributed by atoms with Crippen LogP contribution in [0.15, 0.2) is 0 Å². The second-order valence-corrected chi connectivity index (χ2v) is 28.1. The summed E-state index contributed by atoms with van der Waals surface area (Å²) in [5.74, 6) is 0.633. The monoisotopic (exact) mass is 1010 g/mol. The Morgan fingerprint density at radius 2 is 0.908 bits per heavy atom. The number of sulfonamides is 3. The molecule has 5 heterocycles. The zero-order valence-corrected chi connectivity index (χ0v) is 45.8. The van der Waals surface area contributed by atoms with Gasteiger partial charge in [-0.15, -0.1) is 0 Å². The Bertz CT molecular complexity index is 1730. The van der Waals surface area contributed by atoms with Crippen LogP contribution in [-0.4, -0.2) is 235 Å². The van der Waals surface area contributed by atoms with Crippen LogP contribution in [0.5, 0.6) is 0 Å². The number of carbonyl (C=O) groups excluding carboxylic acids is 1. The Labute approximate surface area is 400 Å². The van der Waals surface area contributed by atoms with Crippen molar-refractivity contribution in [2.24, 2.45) is 0 Å². The van der Waals surface area contributed by atoms with Crippen LogP contribution in [0.1, 0.15) is 122 Å². The Morgan fingerprint density at radius 3 is 1.17 bits per heavy atom. The van der Waals surface area contributed by atoms with E-state index in [0.717, 1.165) is 97.6 Å². The number of piperazine rings is 2. The molecule has 5 saturated heterocycles. The summed E-state index contributed by atoms with van der Waals surface area (Å²) >= 11 is 0. The van der Waals surface area contributed by atoms with Gasteiger partial charge < -0.3 is 14.7 Å². The highest BCUT2D eigenvalue weighted by molar-refractivity contribution is 7.91. The molecule has 5 fully saturated rings. The molecule has 17 nitrogen and oxygen atoms in total. The minimum Gasteiger partial charge on any atom is -0.340 e. The van der Waals surface area contributed by atoms with Gasteiger partial charge in [-0.25, -0.2) is 38.0 Å². The second-order valence-electron chi connectivity index (χ2n) is 19.3. The maximum absolute atomic E-state index is 11.9. The molecule has 0 N–H and O–H groups in total. The van der Waals surface area contributed by atoms with Gasteiger partial charge in [0.1, 0.15) is 9.84 Å². The summed E-state index contributed by atoms with van der Waals surface area (Å²) in [6.07, 6.45) is 7.19. The summed E-state index contributed by atoms with van der Waals surface area (Å²) in [4.78, 5) is 22.7. The molecule has 5 aliphatic heterocycles. The van der Waals surface area contributed by atoms with Gasteiger partial charge in [0.15, 0.2) is 0 Å². The molecule has 5 rings (SSSR count). The molecule has 0 aliphatic carbocycles. The van der Waals surface area contributed by atoms with Gasteiger partial charge >= 0.3 is 0 Å². The fraction of sp³-hybridized carbons (Fsp3) is 0.977. The molecule has 0 bridgehead atoms. The third kappa shape index (κ3) is 22.5. The summed E-state index contributed by atoms with van der Waals surface area (Å²) in [6.45, 7) is 34.2. The van der Waals surface area contributed by atoms with Crippen molar-refractivity contribution in [3.63, 3.8) is 0 Å². The smallest absolute Gasteiger partial charge is 0.222 e. The first kappa shape index (κ1) is 64.0. The first-order valence-corrected chi connectivity index (χ1v) is 30.6. The lowest BCUT2D eigenvalue weighted by atomic mass is 10.1. The highest BCUT2D eigenvalue weighted by Gasteiger charge is 2.33. The Hall–Kier alpha value is -1.01. The predicted molar refractivity (Wildman–Crippen MR) is 271 cm³/mol. The molecule has 0 unspecified atom stereocenters. The first-order chi connectivity index (χ1) is 29.4. The van der Waals surface area contributed by atoms with E-state index in [1.54, 1.807) is 22.7 Å². The molecule has 0 aromatic carbocycles. The lowest BCUT2D eigenvalue weighted by molar-refractivity contribution is -0.132. The van der Waals surface area contributed by atoms with Gasteiger partial charge in [-0.05, 0) is 128 Å². The van der Waals surface area contributed by atoms with E-state index < -0.39 is 39.9 Å². The molecule has 390 valence electrons. The summed E-state index contributed by atoms with van der Waals surface area (Å²) in [6, 6.07) is 2.32. The molecule has 0 aromatic rings.